The molecular formula is C20H23FN4O2. The first-order valence-corrected chi connectivity index (χ1v) is 9.18. The molecule has 0 radical (unpaired) electrons. The third-order valence-electron chi connectivity index (χ3n) is 5.10. The minimum atomic E-state index is -0.331. The van der Waals surface area contributed by atoms with Crippen LogP contribution >= 0.6 is 0 Å². The van der Waals surface area contributed by atoms with Gasteiger partial charge in [-0.2, -0.15) is 0 Å². The van der Waals surface area contributed by atoms with E-state index in [1.807, 2.05) is 29.3 Å². The highest BCUT2D eigenvalue weighted by Gasteiger charge is 2.35. The number of rotatable bonds is 5. The number of hydrogen-bond donors (Lipinski definition) is 3. The summed E-state index contributed by atoms with van der Waals surface area (Å²) in [6.07, 6.45) is 8.07. The first kappa shape index (κ1) is 17.8. The van der Waals surface area contributed by atoms with Crippen LogP contribution in [0.1, 0.15) is 12.0 Å². The first-order chi connectivity index (χ1) is 13.1. The van der Waals surface area contributed by atoms with Gasteiger partial charge in [-0.05, 0) is 24.6 Å². The van der Waals surface area contributed by atoms with Gasteiger partial charge in [0.05, 0.1) is 11.8 Å². The van der Waals surface area contributed by atoms with E-state index in [2.05, 4.69) is 15.5 Å². The molecule has 27 heavy (non-hydrogen) atoms. The molecule has 3 aliphatic rings. The monoisotopic (exact) mass is 370 g/mol. The fourth-order valence-corrected chi connectivity index (χ4v) is 3.69. The van der Waals surface area contributed by atoms with Gasteiger partial charge < -0.3 is 20.6 Å². The Kier molecular flexibility index (Phi) is 4.96. The van der Waals surface area contributed by atoms with Crippen LogP contribution in [0.4, 0.5) is 4.39 Å². The van der Waals surface area contributed by atoms with Crippen LogP contribution in [-0.4, -0.2) is 52.7 Å². The fourth-order valence-electron chi connectivity index (χ4n) is 3.69. The van der Waals surface area contributed by atoms with Crippen LogP contribution in [0.25, 0.3) is 0 Å². The van der Waals surface area contributed by atoms with Crippen molar-refractivity contribution in [3.63, 3.8) is 0 Å². The van der Waals surface area contributed by atoms with Crippen molar-refractivity contribution in [2.75, 3.05) is 19.6 Å². The molecule has 0 bridgehead atoms. The van der Waals surface area contributed by atoms with Gasteiger partial charge in [0.2, 0.25) is 0 Å². The fraction of sp³-hybridized carbons (Fsp3) is 0.350. The van der Waals surface area contributed by atoms with Gasteiger partial charge in [0, 0.05) is 37.9 Å². The summed E-state index contributed by atoms with van der Waals surface area (Å²) in [5, 5.41) is 15.8. The summed E-state index contributed by atoms with van der Waals surface area (Å²) in [4.78, 5) is 16.9. The first-order valence-electron chi connectivity index (χ1n) is 9.18. The maximum Gasteiger partial charge on any atom is 0.269 e. The normalized spacial score (nSPS) is 24.3. The third kappa shape index (κ3) is 3.74. The van der Waals surface area contributed by atoms with Crippen LogP contribution in [0.15, 0.2) is 60.1 Å². The van der Waals surface area contributed by atoms with E-state index in [9.17, 15) is 14.3 Å². The van der Waals surface area contributed by atoms with Gasteiger partial charge in [-0.3, -0.25) is 9.69 Å². The summed E-state index contributed by atoms with van der Waals surface area (Å²) in [5.41, 5.74) is 1.73. The molecule has 0 spiro atoms. The van der Waals surface area contributed by atoms with Gasteiger partial charge >= 0.3 is 0 Å². The second-order valence-corrected chi connectivity index (χ2v) is 7.00. The summed E-state index contributed by atoms with van der Waals surface area (Å²) >= 11 is 0. The van der Waals surface area contributed by atoms with Gasteiger partial charge in [0.15, 0.2) is 0 Å². The summed E-state index contributed by atoms with van der Waals surface area (Å²) in [6.45, 7) is 2.32. The van der Waals surface area contributed by atoms with E-state index in [0.29, 0.717) is 24.4 Å². The van der Waals surface area contributed by atoms with E-state index in [1.165, 1.54) is 6.07 Å². The number of likely N-dealkylation sites (tertiary alicyclic amines) is 1. The van der Waals surface area contributed by atoms with E-state index < -0.39 is 0 Å². The lowest BCUT2D eigenvalue weighted by Gasteiger charge is -2.29. The Labute approximate surface area is 157 Å². The Morgan fingerprint density at radius 3 is 2.96 bits per heavy atom. The highest BCUT2D eigenvalue weighted by molar-refractivity contribution is 5.94. The molecule has 0 aromatic heterocycles. The number of amides is 1. The second kappa shape index (κ2) is 7.54. The molecule has 7 heteroatoms. The maximum absolute atomic E-state index is 13.8. The molecule has 142 valence electrons. The SMILES string of the molecule is O=C(NCc1ccccc1F)C1=C2C=CC=CN2C(CN2CCC(O)C2)N1. The molecule has 1 aromatic rings. The number of fused-ring (bicyclic) bond motifs is 1. The number of halogens is 1. The standard InChI is InChI=1S/C20H23FN4O2/c21-16-6-2-1-5-14(16)11-22-20(27)19-17-7-3-4-9-25(17)18(23-19)13-24-10-8-15(26)12-24/h1-7,9,15,18,23,26H,8,10-13H2,(H,22,27). The predicted octanol–water partition coefficient (Wildman–Crippen LogP) is 1.03. The molecule has 1 amide bonds. The third-order valence-corrected chi connectivity index (χ3v) is 5.10. The Morgan fingerprint density at radius 1 is 1.33 bits per heavy atom. The van der Waals surface area contributed by atoms with Crippen LogP contribution in [-0.2, 0) is 11.3 Å². The molecule has 3 N–H and O–H groups in total. The lowest BCUT2D eigenvalue weighted by atomic mass is 10.2. The number of allylic oxidation sites excluding steroid dienone is 3. The lowest BCUT2D eigenvalue weighted by molar-refractivity contribution is -0.118. The molecule has 1 aromatic carbocycles. The molecule has 4 rings (SSSR count). The Hall–Kier alpha value is -2.64. The number of nitrogens with zero attached hydrogens (tertiary/aromatic N) is 2. The van der Waals surface area contributed by atoms with Gasteiger partial charge in [0.1, 0.15) is 17.7 Å². The van der Waals surface area contributed by atoms with Crippen LogP contribution in [0, 0.1) is 5.82 Å². The topological polar surface area (TPSA) is 67.8 Å². The highest BCUT2D eigenvalue weighted by Crippen LogP contribution is 2.26. The molecule has 0 saturated carbocycles. The lowest BCUT2D eigenvalue weighted by Crippen LogP contribution is -2.45. The average molecular weight is 370 g/mol. The predicted molar refractivity (Wildman–Crippen MR) is 99.4 cm³/mol. The Bertz CT molecular complexity index is 820. The number of carbonyl (C=O) groups excluding carboxylic acids is 1. The van der Waals surface area contributed by atoms with Crippen molar-refractivity contribution in [2.45, 2.75) is 25.2 Å². The van der Waals surface area contributed by atoms with Crippen molar-refractivity contribution in [1.82, 2.24) is 20.4 Å². The molecule has 3 aliphatic heterocycles. The van der Waals surface area contributed by atoms with E-state index in [-0.39, 0.29) is 30.5 Å². The number of nitrogens with one attached hydrogen (secondary N) is 2. The summed E-state index contributed by atoms with van der Waals surface area (Å²) < 4.78 is 13.8. The number of hydrogen-bond acceptors (Lipinski definition) is 5. The number of β-amino-alcohol motifs (C(OH)–C–C–N with tert-alkyl or cyclic N) is 1. The Morgan fingerprint density at radius 2 is 2.19 bits per heavy atom. The van der Waals surface area contributed by atoms with Gasteiger partial charge in [0.25, 0.3) is 5.91 Å². The number of benzene rings is 1. The van der Waals surface area contributed by atoms with Gasteiger partial charge in [-0.25, -0.2) is 4.39 Å². The molecule has 2 atom stereocenters. The molecular weight excluding hydrogens is 347 g/mol. The van der Waals surface area contributed by atoms with Crippen LogP contribution in [0.3, 0.4) is 0 Å². The average Bonchev–Trinajstić information content (AvgIpc) is 3.25. The van der Waals surface area contributed by atoms with E-state index in [0.717, 1.165) is 18.7 Å². The zero-order valence-electron chi connectivity index (χ0n) is 14.9. The van der Waals surface area contributed by atoms with Crippen LogP contribution < -0.4 is 10.6 Å². The van der Waals surface area contributed by atoms with Crippen molar-refractivity contribution in [3.05, 3.63) is 71.5 Å². The zero-order chi connectivity index (χ0) is 18.8. The highest BCUT2D eigenvalue weighted by atomic mass is 19.1. The van der Waals surface area contributed by atoms with E-state index in [4.69, 9.17) is 0 Å². The van der Waals surface area contributed by atoms with E-state index in [1.54, 1.807) is 18.2 Å². The molecule has 1 fully saturated rings. The quantitative estimate of drug-likeness (QED) is 0.723. The van der Waals surface area contributed by atoms with Crippen molar-refractivity contribution in [2.24, 2.45) is 0 Å². The van der Waals surface area contributed by atoms with Crippen LogP contribution in [0.5, 0.6) is 0 Å². The molecule has 1 saturated heterocycles. The Balaban J connectivity index is 1.44. The van der Waals surface area contributed by atoms with E-state index >= 15 is 0 Å². The summed E-state index contributed by atoms with van der Waals surface area (Å²) in [6, 6.07) is 6.42. The molecule has 6 nitrogen and oxygen atoms in total. The molecule has 0 aliphatic carbocycles. The minimum absolute atomic E-state index is 0.0827. The van der Waals surface area contributed by atoms with Crippen molar-refractivity contribution >= 4 is 5.91 Å². The van der Waals surface area contributed by atoms with Crippen molar-refractivity contribution in [1.29, 1.82) is 0 Å². The van der Waals surface area contributed by atoms with Crippen molar-refractivity contribution in [3.8, 4) is 0 Å². The second-order valence-electron chi connectivity index (χ2n) is 7.00. The molecule has 2 unspecified atom stereocenters. The summed E-state index contributed by atoms with van der Waals surface area (Å²) in [5.74, 6) is -0.593. The zero-order valence-corrected chi connectivity index (χ0v) is 14.9. The minimum Gasteiger partial charge on any atom is -0.392 e. The van der Waals surface area contributed by atoms with Crippen molar-refractivity contribution < 1.29 is 14.3 Å². The summed E-state index contributed by atoms with van der Waals surface area (Å²) in [7, 11) is 0. The van der Waals surface area contributed by atoms with Gasteiger partial charge in [-0.1, -0.05) is 24.3 Å². The largest absolute Gasteiger partial charge is 0.392 e. The number of carbonyl (C=O) groups is 1. The smallest absolute Gasteiger partial charge is 0.269 e. The number of aliphatic hydroxyl groups is 1. The number of aliphatic hydroxyl groups excluding tert-OH is 1. The van der Waals surface area contributed by atoms with Crippen LogP contribution in [0.2, 0.25) is 0 Å². The van der Waals surface area contributed by atoms with Gasteiger partial charge in [-0.15, -0.1) is 0 Å². The maximum atomic E-state index is 13.8. The molecule has 3 heterocycles.